The van der Waals surface area contributed by atoms with Gasteiger partial charge in [-0.05, 0) is 86.5 Å². The molecule has 0 bridgehead atoms. The van der Waals surface area contributed by atoms with Gasteiger partial charge in [0.1, 0.15) is 0 Å². The molecule has 0 saturated carbocycles. The van der Waals surface area contributed by atoms with E-state index in [4.69, 9.17) is 23.2 Å². The Bertz CT molecular complexity index is 989. The van der Waals surface area contributed by atoms with Crippen molar-refractivity contribution in [2.45, 2.75) is 63.3 Å². The van der Waals surface area contributed by atoms with E-state index in [0.29, 0.717) is 24.0 Å². The molecule has 0 spiro atoms. The highest BCUT2D eigenvalue weighted by atomic mass is 35.5. The monoisotopic (exact) mass is 482 g/mol. The summed E-state index contributed by atoms with van der Waals surface area (Å²) in [6, 6.07) is 11.4. The summed E-state index contributed by atoms with van der Waals surface area (Å²) < 4.78 is 28.0. The Balaban J connectivity index is 1.69. The first-order valence-corrected chi connectivity index (χ1v) is 13.4. The van der Waals surface area contributed by atoms with Crippen molar-refractivity contribution >= 4 is 33.2 Å². The van der Waals surface area contributed by atoms with Gasteiger partial charge in [-0.2, -0.15) is 0 Å². The molecule has 0 amide bonds. The molecule has 7 heteroatoms. The number of nitrogens with zero attached hydrogens (tertiary/aromatic N) is 1. The van der Waals surface area contributed by atoms with Gasteiger partial charge in [0.2, 0.25) is 10.0 Å². The second kappa shape index (κ2) is 11.2. The van der Waals surface area contributed by atoms with Crippen LogP contribution in [0.3, 0.4) is 0 Å². The number of halogens is 2. The highest BCUT2D eigenvalue weighted by molar-refractivity contribution is 7.89. The van der Waals surface area contributed by atoms with Crippen LogP contribution >= 0.6 is 23.2 Å². The topological polar surface area (TPSA) is 49.4 Å². The minimum absolute atomic E-state index is 0.131. The maximum atomic E-state index is 12.6. The van der Waals surface area contributed by atoms with Gasteiger partial charge in [0.05, 0.1) is 14.9 Å². The van der Waals surface area contributed by atoms with Crippen molar-refractivity contribution in [2.75, 3.05) is 19.6 Å². The summed E-state index contributed by atoms with van der Waals surface area (Å²) in [5.74, 6) is 0. The van der Waals surface area contributed by atoms with Crippen LogP contribution in [0.5, 0.6) is 0 Å². The van der Waals surface area contributed by atoms with Crippen molar-refractivity contribution in [3.8, 4) is 0 Å². The molecule has 0 fully saturated rings. The number of rotatable bonds is 10. The SMILES string of the molecule is CCCN(CCC)C1CCc2cccc(CCNS(=O)(=O)c3ccc(Cl)c(Cl)c3)c2C1. The third-order valence-corrected chi connectivity index (χ3v) is 8.18. The van der Waals surface area contributed by atoms with Crippen LogP contribution in [-0.2, 0) is 29.3 Å². The number of benzene rings is 2. The van der Waals surface area contributed by atoms with E-state index >= 15 is 0 Å². The van der Waals surface area contributed by atoms with Gasteiger partial charge < -0.3 is 4.90 Å². The largest absolute Gasteiger partial charge is 0.300 e. The molecule has 3 rings (SSSR count). The summed E-state index contributed by atoms with van der Waals surface area (Å²) in [6.07, 6.45) is 6.33. The van der Waals surface area contributed by atoms with Gasteiger partial charge in [-0.25, -0.2) is 13.1 Å². The van der Waals surface area contributed by atoms with Crippen LogP contribution in [-0.4, -0.2) is 39.0 Å². The molecule has 0 heterocycles. The van der Waals surface area contributed by atoms with Gasteiger partial charge in [0.15, 0.2) is 0 Å². The molecule has 0 radical (unpaired) electrons. The fourth-order valence-corrected chi connectivity index (χ4v) is 5.91. The van der Waals surface area contributed by atoms with Gasteiger partial charge >= 0.3 is 0 Å². The Hall–Kier alpha value is -1.11. The fourth-order valence-electron chi connectivity index (χ4n) is 4.49. The van der Waals surface area contributed by atoms with E-state index in [1.165, 1.54) is 54.2 Å². The Kier molecular flexibility index (Phi) is 8.82. The van der Waals surface area contributed by atoms with Crippen LogP contribution in [0.1, 0.15) is 49.8 Å². The maximum Gasteiger partial charge on any atom is 0.240 e. The van der Waals surface area contributed by atoms with Crippen molar-refractivity contribution in [1.82, 2.24) is 9.62 Å². The lowest BCUT2D eigenvalue weighted by Crippen LogP contribution is -2.40. The molecule has 1 unspecified atom stereocenters. The van der Waals surface area contributed by atoms with Gasteiger partial charge in [-0.15, -0.1) is 0 Å². The third kappa shape index (κ3) is 6.23. The first-order chi connectivity index (χ1) is 14.9. The van der Waals surface area contributed by atoms with Crippen LogP contribution in [0.2, 0.25) is 10.0 Å². The first kappa shape index (κ1) is 24.5. The van der Waals surface area contributed by atoms with Gasteiger partial charge in [-0.1, -0.05) is 55.2 Å². The number of sulfonamides is 1. The summed E-state index contributed by atoms with van der Waals surface area (Å²) in [5, 5.41) is 0.572. The fraction of sp³-hybridized carbons (Fsp3) is 0.500. The van der Waals surface area contributed by atoms with E-state index in [9.17, 15) is 8.42 Å². The minimum Gasteiger partial charge on any atom is -0.300 e. The molecule has 0 aliphatic heterocycles. The molecule has 1 aliphatic carbocycles. The molecule has 0 aromatic heterocycles. The summed E-state index contributed by atoms with van der Waals surface area (Å²) in [6.45, 7) is 7.10. The first-order valence-electron chi connectivity index (χ1n) is 11.1. The zero-order valence-corrected chi connectivity index (χ0v) is 20.7. The zero-order valence-electron chi connectivity index (χ0n) is 18.3. The van der Waals surface area contributed by atoms with Crippen LogP contribution in [0.15, 0.2) is 41.3 Å². The summed E-state index contributed by atoms with van der Waals surface area (Å²) in [5.41, 5.74) is 4.06. The summed E-state index contributed by atoms with van der Waals surface area (Å²) in [7, 11) is -3.63. The molecule has 2 aromatic rings. The number of fused-ring (bicyclic) bond motifs is 1. The van der Waals surface area contributed by atoms with Gasteiger partial charge in [0.25, 0.3) is 0 Å². The van der Waals surface area contributed by atoms with Crippen molar-refractivity contribution in [1.29, 1.82) is 0 Å². The van der Waals surface area contributed by atoms with Crippen molar-refractivity contribution in [2.24, 2.45) is 0 Å². The minimum atomic E-state index is -3.63. The number of hydrogen-bond acceptors (Lipinski definition) is 3. The van der Waals surface area contributed by atoms with Gasteiger partial charge in [-0.3, -0.25) is 0 Å². The molecule has 0 saturated heterocycles. The molecular formula is C24H32Cl2N2O2S. The Morgan fingerprint density at radius 1 is 1.06 bits per heavy atom. The normalized spacial score (nSPS) is 16.5. The van der Waals surface area contributed by atoms with Crippen LogP contribution in [0, 0.1) is 0 Å². The number of aryl methyl sites for hydroxylation is 1. The third-order valence-electron chi connectivity index (χ3n) is 5.98. The van der Waals surface area contributed by atoms with E-state index in [1.807, 2.05) is 0 Å². The van der Waals surface area contributed by atoms with Crippen LogP contribution < -0.4 is 4.72 Å². The number of hydrogen-bond donors (Lipinski definition) is 1. The Labute approximate surface area is 197 Å². The van der Waals surface area contributed by atoms with E-state index in [2.05, 4.69) is 41.7 Å². The van der Waals surface area contributed by atoms with Crippen molar-refractivity contribution < 1.29 is 8.42 Å². The van der Waals surface area contributed by atoms with Crippen LogP contribution in [0.4, 0.5) is 0 Å². The van der Waals surface area contributed by atoms with E-state index in [0.717, 1.165) is 25.9 Å². The average Bonchev–Trinajstić information content (AvgIpc) is 2.75. The second-order valence-electron chi connectivity index (χ2n) is 8.21. The predicted octanol–water partition coefficient (Wildman–Crippen LogP) is 5.49. The molecule has 2 aromatic carbocycles. The van der Waals surface area contributed by atoms with Crippen molar-refractivity contribution in [3.05, 3.63) is 63.1 Å². The van der Waals surface area contributed by atoms with E-state index in [-0.39, 0.29) is 9.92 Å². The Morgan fingerprint density at radius 2 is 1.81 bits per heavy atom. The van der Waals surface area contributed by atoms with Crippen LogP contribution in [0.25, 0.3) is 0 Å². The molecule has 1 atom stereocenters. The average molecular weight is 484 g/mol. The molecule has 1 aliphatic rings. The zero-order chi connectivity index (χ0) is 22.4. The predicted molar refractivity (Wildman–Crippen MR) is 130 cm³/mol. The summed E-state index contributed by atoms with van der Waals surface area (Å²) >= 11 is 11.9. The lowest BCUT2D eigenvalue weighted by molar-refractivity contribution is 0.179. The molecule has 31 heavy (non-hydrogen) atoms. The highest BCUT2D eigenvalue weighted by Gasteiger charge is 2.25. The smallest absolute Gasteiger partial charge is 0.240 e. The molecule has 1 N–H and O–H groups in total. The molecule has 4 nitrogen and oxygen atoms in total. The van der Waals surface area contributed by atoms with E-state index < -0.39 is 10.0 Å². The molecule has 170 valence electrons. The standard InChI is InChI=1S/C24H32Cl2N2O2S/c1-3-14-28(15-4-2)20-9-8-18-6-5-7-19(22(18)16-20)12-13-27-31(29,30)21-10-11-23(25)24(26)17-21/h5-7,10-11,17,20,27H,3-4,8-9,12-16H2,1-2H3. The lowest BCUT2D eigenvalue weighted by atomic mass is 9.84. The number of nitrogens with one attached hydrogen (secondary N) is 1. The maximum absolute atomic E-state index is 12.6. The second-order valence-corrected chi connectivity index (χ2v) is 10.8. The summed E-state index contributed by atoms with van der Waals surface area (Å²) in [4.78, 5) is 2.76. The Morgan fingerprint density at radius 3 is 2.48 bits per heavy atom. The lowest BCUT2D eigenvalue weighted by Gasteiger charge is -2.36. The van der Waals surface area contributed by atoms with Crippen molar-refractivity contribution in [3.63, 3.8) is 0 Å². The quantitative estimate of drug-likeness (QED) is 0.486. The highest BCUT2D eigenvalue weighted by Crippen LogP contribution is 2.28. The molecular weight excluding hydrogens is 451 g/mol. The van der Waals surface area contributed by atoms with E-state index in [1.54, 1.807) is 0 Å². The van der Waals surface area contributed by atoms with Gasteiger partial charge in [0, 0.05) is 12.6 Å².